The maximum absolute atomic E-state index is 11.7. The van der Waals surface area contributed by atoms with E-state index >= 15 is 0 Å². The molecule has 20 heavy (non-hydrogen) atoms. The van der Waals surface area contributed by atoms with Crippen molar-refractivity contribution in [3.05, 3.63) is 47.2 Å². The van der Waals surface area contributed by atoms with Gasteiger partial charge in [0.15, 0.2) is 0 Å². The summed E-state index contributed by atoms with van der Waals surface area (Å²) in [6, 6.07) is 9.36. The molecule has 4 nitrogen and oxygen atoms in total. The molecule has 4 heteroatoms. The van der Waals surface area contributed by atoms with E-state index in [1.54, 1.807) is 7.11 Å². The highest BCUT2D eigenvalue weighted by molar-refractivity contribution is 5.96. The second-order valence-corrected chi connectivity index (χ2v) is 4.93. The Morgan fingerprint density at radius 1 is 1.35 bits per heavy atom. The Morgan fingerprint density at radius 3 is 2.75 bits per heavy atom. The van der Waals surface area contributed by atoms with Crippen LogP contribution < -0.4 is 0 Å². The van der Waals surface area contributed by atoms with E-state index in [1.807, 2.05) is 30.3 Å². The summed E-state index contributed by atoms with van der Waals surface area (Å²) < 4.78 is 11.3. The molecule has 0 spiro atoms. The minimum atomic E-state index is -0.960. The fraction of sp³-hybridized carbons (Fsp3) is 0.312. The molecule has 1 heterocycles. The molecule has 0 amide bonds. The summed E-state index contributed by atoms with van der Waals surface area (Å²) in [6.07, 6.45) is 2.36. The highest BCUT2D eigenvalue weighted by Gasteiger charge is 2.33. The summed E-state index contributed by atoms with van der Waals surface area (Å²) >= 11 is 0. The first-order chi connectivity index (χ1) is 9.72. The summed E-state index contributed by atoms with van der Waals surface area (Å²) in [5.74, 6) is 0.226. The lowest BCUT2D eigenvalue weighted by molar-refractivity contribution is 0.0665. The van der Waals surface area contributed by atoms with E-state index in [0.717, 1.165) is 30.6 Å². The highest BCUT2D eigenvalue weighted by Crippen LogP contribution is 2.41. The molecular formula is C16H16O4. The molecule has 0 bridgehead atoms. The van der Waals surface area contributed by atoms with Crippen molar-refractivity contribution in [2.75, 3.05) is 7.11 Å². The molecule has 1 aliphatic carbocycles. The molecule has 2 aromatic rings. The minimum absolute atomic E-state index is 0.189. The summed E-state index contributed by atoms with van der Waals surface area (Å²) in [5, 5.41) is 9.57. The Kier molecular flexibility index (Phi) is 3.32. The van der Waals surface area contributed by atoms with Crippen LogP contribution in [0.25, 0.3) is 11.3 Å². The topological polar surface area (TPSA) is 59.7 Å². The van der Waals surface area contributed by atoms with Crippen molar-refractivity contribution >= 4 is 5.97 Å². The molecule has 0 fully saturated rings. The Hall–Kier alpha value is -2.07. The van der Waals surface area contributed by atoms with Crippen LogP contribution in [0.4, 0.5) is 0 Å². The van der Waals surface area contributed by atoms with Crippen LogP contribution in [0, 0.1) is 0 Å². The third kappa shape index (κ3) is 2.02. The Labute approximate surface area is 117 Å². The average molecular weight is 272 g/mol. The Morgan fingerprint density at radius 2 is 2.10 bits per heavy atom. The number of aromatic carboxylic acids is 1. The minimum Gasteiger partial charge on any atom is -0.478 e. The summed E-state index contributed by atoms with van der Waals surface area (Å²) in [7, 11) is 1.61. The number of carboxylic acids is 1. The molecule has 3 rings (SSSR count). The molecule has 1 aromatic heterocycles. The van der Waals surface area contributed by atoms with Crippen LogP contribution in [-0.4, -0.2) is 18.2 Å². The quantitative estimate of drug-likeness (QED) is 0.926. The van der Waals surface area contributed by atoms with Gasteiger partial charge in [-0.3, -0.25) is 0 Å². The number of rotatable bonds is 3. The zero-order chi connectivity index (χ0) is 14.1. The van der Waals surface area contributed by atoms with Crippen molar-refractivity contribution in [3.8, 4) is 11.3 Å². The van der Waals surface area contributed by atoms with Crippen LogP contribution >= 0.6 is 0 Å². The van der Waals surface area contributed by atoms with E-state index in [9.17, 15) is 9.90 Å². The van der Waals surface area contributed by atoms with Crippen molar-refractivity contribution in [2.45, 2.75) is 25.4 Å². The van der Waals surface area contributed by atoms with Gasteiger partial charge in [-0.1, -0.05) is 30.3 Å². The zero-order valence-electron chi connectivity index (χ0n) is 11.3. The van der Waals surface area contributed by atoms with Crippen LogP contribution in [0.5, 0.6) is 0 Å². The van der Waals surface area contributed by atoms with Gasteiger partial charge in [0.25, 0.3) is 0 Å². The van der Waals surface area contributed by atoms with Crippen molar-refractivity contribution in [2.24, 2.45) is 0 Å². The van der Waals surface area contributed by atoms with Gasteiger partial charge < -0.3 is 14.3 Å². The number of hydrogen-bond donors (Lipinski definition) is 1. The number of methoxy groups -OCH3 is 1. The van der Waals surface area contributed by atoms with Crippen LogP contribution in [0.3, 0.4) is 0 Å². The van der Waals surface area contributed by atoms with Crippen LogP contribution in [0.2, 0.25) is 0 Å². The summed E-state index contributed by atoms with van der Waals surface area (Å²) in [5.41, 5.74) is 1.75. The largest absolute Gasteiger partial charge is 0.478 e. The second kappa shape index (κ2) is 5.13. The number of furan rings is 1. The second-order valence-electron chi connectivity index (χ2n) is 4.93. The van der Waals surface area contributed by atoms with Crippen molar-refractivity contribution < 1.29 is 19.1 Å². The van der Waals surface area contributed by atoms with E-state index in [2.05, 4.69) is 0 Å². The number of benzene rings is 1. The average Bonchev–Trinajstić information content (AvgIpc) is 2.87. The monoisotopic (exact) mass is 272 g/mol. The summed E-state index contributed by atoms with van der Waals surface area (Å²) in [6.45, 7) is 0. The third-order valence-electron chi connectivity index (χ3n) is 3.75. The SMILES string of the molecule is CO[C@H]1CCCc2oc(-c3ccccc3)c(C(=O)O)c21. The number of aryl methyl sites for hydroxylation is 1. The fourth-order valence-electron chi connectivity index (χ4n) is 2.85. The lowest BCUT2D eigenvalue weighted by atomic mass is 9.91. The molecule has 1 aliphatic rings. The van der Waals surface area contributed by atoms with Crippen molar-refractivity contribution in [3.63, 3.8) is 0 Å². The molecule has 104 valence electrons. The van der Waals surface area contributed by atoms with Gasteiger partial charge in [0, 0.05) is 24.7 Å². The number of ether oxygens (including phenoxy) is 1. The lowest BCUT2D eigenvalue weighted by Gasteiger charge is -2.20. The molecule has 1 atom stereocenters. The predicted octanol–water partition coefficient (Wildman–Crippen LogP) is 3.67. The first kappa shape index (κ1) is 12.9. The van der Waals surface area contributed by atoms with Gasteiger partial charge in [-0.15, -0.1) is 0 Å². The van der Waals surface area contributed by atoms with Gasteiger partial charge in [0.2, 0.25) is 0 Å². The van der Waals surface area contributed by atoms with E-state index in [0.29, 0.717) is 11.3 Å². The number of carboxylic acid groups (broad SMARTS) is 1. The van der Waals surface area contributed by atoms with Gasteiger partial charge in [-0.25, -0.2) is 4.79 Å². The molecule has 1 aromatic carbocycles. The fourth-order valence-corrected chi connectivity index (χ4v) is 2.85. The van der Waals surface area contributed by atoms with E-state index in [1.165, 1.54) is 0 Å². The number of fused-ring (bicyclic) bond motifs is 1. The molecule has 0 unspecified atom stereocenters. The van der Waals surface area contributed by atoms with Crippen molar-refractivity contribution in [1.29, 1.82) is 0 Å². The zero-order valence-corrected chi connectivity index (χ0v) is 11.3. The molecule has 0 radical (unpaired) electrons. The first-order valence-corrected chi connectivity index (χ1v) is 6.69. The smallest absolute Gasteiger partial charge is 0.340 e. The molecule has 0 aliphatic heterocycles. The maximum atomic E-state index is 11.7. The highest BCUT2D eigenvalue weighted by atomic mass is 16.5. The number of carbonyl (C=O) groups is 1. The Bertz CT molecular complexity index is 627. The summed E-state index contributed by atoms with van der Waals surface area (Å²) in [4.78, 5) is 11.7. The van der Waals surface area contributed by atoms with Gasteiger partial charge in [-0.2, -0.15) is 0 Å². The molecule has 0 saturated carbocycles. The molecular weight excluding hydrogens is 256 g/mol. The van der Waals surface area contributed by atoms with E-state index < -0.39 is 5.97 Å². The molecule has 0 saturated heterocycles. The predicted molar refractivity (Wildman–Crippen MR) is 73.8 cm³/mol. The third-order valence-corrected chi connectivity index (χ3v) is 3.75. The Balaban J connectivity index is 2.22. The van der Waals surface area contributed by atoms with E-state index in [-0.39, 0.29) is 11.7 Å². The lowest BCUT2D eigenvalue weighted by Crippen LogP contribution is -2.13. The number of hydrogen-bond acceptors (Lipinski definition) is 3. The normalized spacial score (nSPS) is 17.8. The van der Waals surface area contributed by atoms with Crippen molar-refractivity contribution in [1.82, 2.24) is 0 Å². The van der Waals surface area contributed by atoms with Gasteiger partial charge in [-0.05, 0) is 12.8 Å². The van der Waals surface area contributed by atoms with E-state index in [4.69, 9.17) is 9.15 Å². The van der Waals surface area contributed by atoms with Gasteiger partial charge >= 0.3 is 5.97 Å². The molecule has 1 N–H and O–H groups in total. The van der Waals surface area contributed by atoms with Crippen LogP contribution in [-0.2, 0) is 11.2 Å². The van der Waals surface area contributed by atoms with Crippen LogP contribution in [0.1, 0.15) is 40.6 Å². The van der Waals surface area contributed by atoms with Gasteiger partial charge in [0.1, 0.15) is 17.1 Å². The maximum Gasteiger partial charge on any atom is 0.340 e. The van der Waals surface area contributed by atoms with Crippen LogP contribution in [0.15, 0.2) is 34.7 Å². The van der Waals surface area contributed by atoms with Gasteiger partial charge in [0.05, 0.1) is 6.10 Å². The first-order valence-electron chi connectivity index (χ1n) is 6.69. The standard InChI is InChI=1S/C16H16O4/c1-19-11-8-5-9-12-13(11)14(16(17)18)15(20-12)10-6-3-2-4-7-10/h2-4,6-7,11H,5,8-9H2,1H3,(H,17,18)/t11-/m0/s1.